The summed E-state index contributed by atoms with van der Waals surface area (Å²) in [6, 6.07) is 16.0. The molecule has 116 valence electrons. The first-order valence-corrected chi connectivity index (χ1v) is 7.18. The molecule has 3 rings (SSSR count). The fourth-order valence-corrected chi connectivity index (χ4v) is 2.37. The van der Waals surface area contributed by atoms with Crippen molar-refractivity contribution in [3.05, 3.63) is 84.1 Å². The molecule has 0 aliphatic heterocycles. The van der Waals surface area contributed by atoms with Gasteiger partial charge in [-0.3, -0.25) is 9.78 Å². The van der Waals surface area contributed by atoms with Crippen molar-refractivity contribution in [2.24, 2.45) is 0 Å². The van der Waals surface area contributed by atoms with E-state index in [1.54, 1.807) is 25.4 Å². The van der Waals surface area contributed by atoms with E-state index in [0.29, 0.717) is 5.75 Å². The van der Waals surface area contributed by atoms with E-state index in [1.807, 2.05) is 42.5 Å². The maximum atomic E-state index is 12.4. The van der Waals surface area contributed by atoms with Gasteiger partial charge in [0.1, 0.15) is 11.8 Å². The van der Waals surface area contributed by atoms with Crippen LogP contribution in [0.25, 0.3) is 0 Å². The van der Waals surface area contributed by atoms with Gasteiger partial charge in [0, 0.05) is 11.8 Å². The average Bonchev–Trinajstić information content (AvgIpc) is 3.15. The quantitative estimate of drug-likeness (QED) is 0.786. The number of aromatic nitrogens is 1. The molecule has 0 fully saturated rings. The van der Waals surface area contributed by atoms with Gasteiger partial charge < -0.3 is 14.5 Å². The van der Waals surface area contributed by atoms with Gasteiger partial charge in [-0.05, 0) is 30.3 Å². The molecule has 1 amide bonds. The number of ether oxygens (including phenoxy) is 1. The van der Waals surface area contributed by atoms with Crippen LogP contribution < -0.4 is 10.1 Å². The van der Waals surface area contributed by atoms with Crippen LogP contribution in [0.15, 0.2) is 71.5 Å². The first kappa shape index (κ1) is 14.8. The molecule has 0 aliphatic rings. The molecule has 1 atom stereocenters. The zero-order valence-corrected chi connectivity index (χ0v) is 12.6. The van der Waals surface area contributed by atoms with Crippen LogP contribution in [-0.4, -0.2) is 18.0 Å². The Kier molecular flexibility index (Phi) is 4.38. The summed E-state index contributed by atoms with van der Waals surface area (Å²) in [5.41, 5.74) is 1.55. The SMILES string of the molecule is COc1ccccc1C(NC(=O)c1ccco1)c1ccccn1. The molecule has 0 bridgehead atoms. The Morgan fingerprint density at radius 3 is 2.65 bits per heavy atom. The summed E-state index contributed by atoms with van der Waals surface area (Å²) >= 11 is 0. The number of para-hydroxylation sites is 1. The van der Waals surface area contributed by atoms with E-state index in [9.17, 15) is 4.79 Å². The Morgan fingerprint density at radius 1 is 1.13 bits per heavy atom. The number of nitrogens with one attached hydrogen (secondary N) is 1. The van der Waals surface area contributed by atoms with E-state index in [0.717, 1.165) is 11.3 Å². The minimum atomic E-state index is -0.440. The van der Waals surface area contributed by atoms with Gasteiger partial charge >= 0.3 is 0 Å². The molecule has 0 spiro atoms. The molecule has 3 aromatic rings. The Balaban J connectivity index is 1.99. The Morgan fingerprint density at radius 2 is 1.96 bits per heavy atom. The number of benzene rings is 1. The highest BCUT2D eigenvalue weighted by Gasteiger charge is 2.22. The van der Waals surface area contributed by atoms with E-state index in [-0.39, 0.29) is 11.7 Å². The maximum Gasteiger partial charge on any atom is 0.287 e. The number of amides is 1. The van der Waals surface area contributed by atoms with Crippen molar-refractivity contribution in [3.8, 4) is 5.75 Å². The summed E-state index contributed by atoms with van der Waals surface area (Å²) in [5, 5.41) is 2.95. The summed E-state index contributed by atoms with van der Waals surface area (Å²) in [6.45, 7) is 0. The highest BCUT2D eigenvalue weighted by Crippen LogP contribution is 2.29. The van der Waals surface area contributed by atoms with Crippen LogP contribution >= 0.6 is 0 Å². The van der Waals surface area contributed by atoms with Gasteiger partial charge in [-0.25, -0.2) is 0 Å². The summed E-state index contributed by atoms with van der Waals surface area (Å²) in [4.78, 5) is 16.8. The first-order chi connectivity index (χ1) is 11.3. The lowest BCUT2D eigenvalue weighted by molar-refractivity contribution is 0.0914. The van der Waals surface area contributed by atoms with E-state index in [4.69, 9.17) is 9.15 Å². The molecule has 1 N–H and O–H groups in total. The van der Waals surface area contributed by atoms with Crippen molar-refractivity contribution in [2.75, 3.05) is 7.11 Å². The van der Waals surface area contributed by atoms with Crippen molar-refractivity contribution in [3.63, 3.8) is 0 Å². The lowest BCUT2D eigenvalue weighted by Gasteiger charge is -2.20. The van der Waals surface area contributed by atoms with Crippen molar-refractivity contribution in [2.45, 2.75) is 6.04 Å². The topological polar surface area (TPSA) is 64.4 Å². The van der Waals surface area contributed by atoms with Gasteiger partial charge in [0.05, 0.1) is 19.1 Å². The first-order valence-electron chi connectivity index (χ1n) is 7.18. The van der Waals surface area contributed by atoms with E-state index in [1.165, 1.54) is 6.26 Å². The highest BCUT2D eigenvalue weighted by molar-refractivity contribution is 5.91. The number of methoxy groups -OCH3 is 1. The van der Waals surface area contributed by atoms with Crippen LogP contribution in [0.5, 0.6) is 5.75 Å². The van der Waals surface area contributed by atoms with Gasteiger partial charge in [0.25, 0.3) is 5.91 Å². The van der Waals surface area contributed by atoms with Gasteiger partial charge in [-0.15, -0.1) is 0 Å². The summed E-state index contributed by atoms with van der Waals surface area (Å²) in [5.74, 6) is 0.625. The molecule has 2 aromatic heterocycles. The average molecular weight is 308 g/mol. The zero-order chi connectivity index (χ0) is 16.1. The Bertz CT molecular complexity index is 770. The van der Waals surface area contributed by atoms with Crippen LogP contribution in [0.1, 0.15) is 27.9 Å². The van der Waals surface area contributed by atoms with Gasteiger partial charge in [-0.2, -0.15) is 0 Å². The van der Waals surface area contributed by atoms with Crippen molar-refractivity contribution in [1.82, 2.24) is 10.3 Å². The van der Waals surface area contributed by atoms with E-state index >= 15 is 0 Å². The maximum absolute atomic E-state index is 12.4. The van der Waals surface area contributed by atoms with E-state index in [2.05, 4.69) is 10.3 Å². The summed E-state index contributed by atoms with van der Waals surface area (Å²) in [6.07, 6.45) is 3.16. The van der Waals surface area contributed by atoms with Crippen LogP contribution in [0.2, 0.25) is 0 Å². The molecule has 5 nitrogen and oxygen atoms in total. The minimum Gasteiger partial charge on any atom is -0.496 e. The number of nitrogens with zero attached hydrogens (tertiary/aromatic N) is 1. The third-order valence-electron chi connectivity index (χ3n) is 3.45. The number of carbonyl (C=O) groups excluding carboxylic acids is 1. The molecule has 5 heteroatoms. The summed E-state index contributed by atoms with van der Waals surface area (Å²) < 4.78 is 10.6. The third kappa shape index (κ3) is 3.23. The number of pyridine rings is 1. The van der Waals surface area contributed by atoms with E-state index < -0.39 is 6.04 Å². The zero-order valence-electron chi connectivity index (χ0n) is 12.6. The third-order valence-corrected chi connectivity index (χ3v) is 3.45. The molecular weight excluding hydrogens is 292 g/mol. The molecule has 1 unspecified atom stereocenters. The smallest absolute Gasteiger partial charge is 0.287 e. The molecule has 1 aromatic carbocycles. The molecule has 23 heavy (non-hydrogen) atoms. The number of carbonyl (C=O) groups is 1. The second-order valence-electron chi connectivity index (χ2n) is 4.88. The van der Waals surface area contributed by atoms with Crippen molar-refractivity contribution < 1.29 is 13.9 Å². The number of rotatable bonds is 5. The van der Waals surface area contributed by atoms with Gasteiger partial charge in [-0.1, -0.05) is 24.3 Å². The molecule has 0 radical (unpaired) electrons. The molecule has 0 aliphatic carbocycles. The molecular formula is C18H16N2O3. The van der Waals surface area contributed by atoms with Gasteiger partial charge in [0.15, 0.2) is 5.76 Å². The van der Waals surface area contributed by atoms with Crippen LogP contribution in [0, 0.1) is 0 Å². The molecule has 0 saturated carbocycles. The van der Waals surface area contributed by atoms with Crippen LogP contribution in [0.3, 0.4) is 0 Å². The predicted molar refractivity (Wildman–Crippen MR) is 85.2 cm³/mol. The lowest BCUT2D eigenvalue weighted by atomic mass is 10.0. The fraction of sp³-hybridized carbons (Fsp3) is 0.111. The van der Waals surface area contributed by atoms with Gasteiger partial charge in [0.2, 0.25) is 0 Å². The fourth-order valence-electron chi connectivity index (χ4n) is 2.37. The van der Waals surface area contributed by atoms with Crippen LogP contribution in [0.4, 0.5) is 0 Å². The standard InChI is InChI=1S/C18H16N2O3/c1-22-15-9-3-2-7-13(15)17(14-8-4-5-11-19-14)20-18(21)16-10-6-12-23-16/h2-12,17H,1H3,(H,20,21). The van der Waals surface area contributed by atoms with Crippen molar-refractivity contribution >= 4 is 5.91 Å². The number of furan rings is 1. The second-order valence-corrected chi connectivity index (χ2v) is 4.88. The highest BCUT2D eigenvalue weighted by atomic mass is 16.5. The monoisotopic (exact) mass is 308 g/mol. The minimum absolute atomic E-state index is 0.251. The largest absolute Gasteiger partial charge is 0.496 e. The Hall–Kier alpha value is -3.08. The second kappa shape index (κ2) is 6.79. The number of hydrogen-bond acceptors (Lipinski definition) is 4. The molecule has 0 saturated heterocycles. The Labute approximate surface area is 133 Å². The normalized spacial score (nSPS) is 11.7. The predicted octanol–water partition coefficient (Wildman–Crippen LogP) is 3.20. The number of hydrogen-bond donors (Lipinski definition) is 1. The van der Waals surface area contributed by atoms with Crippen molar-refractivity contribution in [1.29, 1.82) is 0 Å². The molecule has 2 heterocycles. The summed E-state index contributed by atoms with van der Waals surface area (Å²) in [7, 11) is 1.60. The van der Waals surface area contributed by atoms with Crippen LogP contribution in [-0.2, 0) is 0 Å². The lowest BCUT2D eigenvalue weighted by Crippen LogP contribution is -2.29.